The number of rotatable bonds is 6. The molecule has 1 aliphatic rings. The molecule has 0 saturated heterocycles. The molecule has 3 nitrogen and oxygen atoms in total. The van der Waals surface area contributed by atoms with E-state index in [4.69, 9.17) is 0 Å². The Hall–Kier alpha value is -1.90. The fraction of sp³-hybridized carbons (Fsp3) is 0.583. The van der Waals surface area contributed by atoms with Gasteiger partial charge in [-0.15, -0.1) is 0 Å². The predicted octanol–water partition coefficient (Wildman–Crippen LogP) is 5.70. The van der Waals surface area contributed by atoms with Gasteiger partial charge < -0.3 is 5.32 Å². The number of hydrogen-bond donors (Lipinski definition) is 1. The molecule has 0 spiro atoms. The van der Waals surface area contributed by atoms with Crippen LogP contribution in [0.4, 0.5) is 0 Å². The summed E-state index contributed by atoms with van der Waals surface area (Å²) in [5, 5.41) is 4.57. The van der Waals surface area contributed by atoms with Gasteiger partial charge in [0.25, 0.3) is 0 Å². The van der Waals surface area contributed by atoms with Crippen molar-refractivity contribution in [2.75, 3.05) is 0 Å². The molecule has 1 aliphatic carbocycles. The lowest BCUT2D eigenvalue weighted by Gasteiger charge is -2.31. The number of pyridine rings is 1. The molecular formula is C24H34N2O. The maximum absolute atomic E-state index is 12.5. The van der Waals surface area contributed by atoms with Crippen molar-refractivity contribution in [2.45, 2.75) is 71.8 Å². The lowest BCUT2D eigenvalue weighted by Crippen LogP contribution is -2.42. The Kier molecular flexibility index (Phi) is 6.51. The van der Waals surface area contributed by atoms with E-state index in [1.165, 1.54) is 23.8 Å². The second-order valence-corrected chi connectivity index (χ2v) is 8.92. The van der Waals surface area contributed by atoms with Crippen LogP contribution in [-0.2, 0) is 4.79 Å². The Balaban J connectivity index is 1.56. The Bertz CT molecular complexity index is 747. The van der Waals surface area contributed by atoms with Crippen molar-refractivity contribution in [3.63, 3.8) is 0 Å². The van der Waals surface area contributed by atoms with Crippen molar-refractivity contribution in [1.29, 1.82) is 0 Å². The van der Waals surface area contributed by atoms with Crippen LogP contribution in [0.15, 0.2) is 36.5 Å². The molecule has 27 heavy (non-hydrogen) atoms. The molecule has 1 aromatic heterocycles. The molecule has 3 heteroatoms. The molecule has 2 aromatic rings. The number of nitrogens with zero attached hydrogens (tertiary/aromatic N) is 1. The molecule has 0 radical (unpaired) electrons. The molecule has 0 unspecified atom stereocenters. The number of para-hydroxylation sites is 1. The smallest absolute Gasteiger partial charge is 0.220 e. The summed E-state index contributed by atoms with van der Waals surface area (Å²) in [6.07, 6.45) is 7.24. The van der Waals surface area contributed by atoms with Crippen LogP contribution in [-0.4, -0.2) is 16.9 Å². The summed E-state index contributed by atoms with van der Waals surface area (Å²) in [4.78, 5) is 17.0. The van der Waals surface area contributed by atoms with E-state index >= 15 is 0 Å². The minimum atomic E-state index is 0.236. The molecule has 0 bridgehead atoms. The highest BCUT2D eigenvalue weighted by Gasteiger charge is 2.26. The summed E-state index contributed by atoms with van der Waals surface area (Å²) >= 11 is 0. The summed E-state index contributed by atoms with van der Waals surface area (Å²) < 4.78 is 0. The summed E-state index contributed by atoms with van der Waals surface area (Å²) in [5.41, 5.74) is 2.52. The highest BCUT2D eigenvalue weighted by Crippen LogP contribution is 2.39. The maximum Gasteiger partial charge on any atom is 0.220 e. The van der Waals surface area contributed by atoms with E-state index in [0.29, 0.717) is 30.1 Å². The maximum atomic E-state index is 12.5. The van der Waals surface area contributed by atoms with Gasteiger partial charge in [-0.3, -0.25) is 9.78 Å². The largest absolute Gasteiger partial charge is 0.353 e. The number of fused-ring (bicyclic) bond motifs is 1. The van der Waals surface area contributed by atoms with E-state index in [9.17, 15) is 4.79 Å². The van der Waals surface area contributed by atoms with Crippen LogP contribution >= 0.6 is 0 Å². The first-order valence-corrected chi connectivity index (χ1v) is 10.6. The fourth-order valence-electron chi connectivity index (χ4n) is 4.76. The molecule has 1 fully saturated rings. The van der Waals surface area contributed by atoms with Gasteiger partial charge in [-0.1, -0.05) is 45.9 Å². The number of hydrogen-bond acceptors (Lipinski definition) is 2. The van der Waals surface area contributed by atoms with Crippen molar-refractivity contribution in [3.05, 3.63) is 42.1 Å². The SMILES string of the molecule is CC(C)C(NC(=O)CC1CCC(c2ccnc3ccccc23)CC1)C(C)C. The number of nitrogens with one attached hydrogen (secondary N) is 1. The third-order valence-electron chi connectivity index (χ3n) is 6.21. The zero-order valence-corrected chi connectivity index (χ0v) is 17.2. The van der Waals surface area contributed by atoms with Crippen molar-refractivity contribution >= 4 is 16.8 Å². The first kappa shape index (κ1) is 19.9. The minimum absolute atomic E-state index is 0.236. The van der Waals surface area contributed by atoms with E-state index < -0.39 is 0 Å². The van der Waals surface area contributed by atoms with Crippen LogP contribution in [0.5, 0.6) is 0 Å². The van der Waals surface area contributed by atoms with Crippen molar-refractivity contribution in [2.24, 2.45) is 17.8 Å². The van der Waals surface area contributed by atoms with Gasteiger partial charge in [0.15, 0.2) is 0 Å². The van der Waals surface area contributed by atoms with Crippen molar-refractivity contribution in [3.8, 4) is 0 Å². The topological polar surface area (TPSA) is 42.0 Å². The standard InChI is InChI=1S/C24H34N2O/c1-16(2)24(17(3)4)26-23(27)15-18-9-11-19(12-10-18)20-13-14-25-22-8-6-5-7-21(20)22/h5-8,13-14,16-19,24H,9-12,15H2,1-4H3,(H,26,27). The second-order valence-electron chi connectivity index (χ2n) is 8.92. The van der Waals surface area contributed by atoms with Gasteiger partial charge in [0.05, 0.1) is 5.52 Å². The van der Waals surface area contributed by atoms with Crippen LogP contribution in [0.25, 0.3) is 10.9 Å². The van der Waals surface area contributed by atoms with Crippen LogP contribution in [0.1, 0.15) is 71.3 Å². The Morgan fingerprint density at radius 1 is 1.04 bits per heavy atom. The van der Waals surface area contributed by atoms with E-state index in [1.54, 1.807) is 0 Å². The van der Waals surface area contributed by atoms with E-state index in [2.05, 4.69) is 68.3 Å². The summed E-state index contributed by atoms with van der Waals surface area (Å²) in [7, 11) is 0. The molecule has 1 saturated carbocycles. The minimum Gasteiger partial charge on any atom is -0.353 e. The lowest BCUT2D eigenvalue weighted by molar-refractivity contribution is -0.123. The monoisotopic (exact) mass is 366 g/mol. The van der Waals surface area contributed by atoms with Gasteiger partial charge in [-0.2, -0.15) is 0 Å². The Morgan fingerprint density at radius 3 is 2.37 bits per heavy atom. The van der Waals surface area contributed by atoms with Gasteiger partial charge >= 0.3 is 0 Å². The molecule has 3 rings (SSSR count). The lowest BCUT2D eigenvalue weighted by atomic mass is 9.76. The summed E-state index contributed by atoms with van der Waals surface area (Å²) in [5.74, 6) is 2.31. The molecule has 1 amide bonds. The van der Waals surface area contributed by atoms with Crippen LogP contribution in [0.3, 0.4) is 0 Å². The van der Waals surface area contributed by atoms with Crippen LogP contribution < -0.4 is 5.32 Å². The number of amides is 1. The molecular weight excluding hydrogens is 332 g/mol. The zero-order valence-electron chi connectivity index (χ0n) is 17.2. The van der Waals surface area contributed by atoms with Gasteiger partial charge in [-0.25, -0.2) is 0 Å². The molecule has 1 aromatic carbocycles. The van der Waals surface area contributed by atoms with Crippen LogP contribution in [0, 0.1) is 17.8 Å². The predicted molar refractivity (Wildman–Crippen MR) is 113 cm³/mol. The van der Waals surface area contributed by atoms with Crippen molar-refractivity contribution in [1.82, 2.24) is 10.3 Å². The molecule has 1 heterocycles. The number of carbonyl (C=O) groups is 1. The van der Waals surface area contributed by atoms with Gasteiger partial charge in [0.1, 0.15) is 0 Å². The second kappa shape index (κ2) is 8.86. The highest BCUT2D eigenvalue weighted by atomic mass is 16.1. The average Bonchev–Trinajstić information content (AvgIpc) is 2.66. The Labute approximate surface area is 164 Å². The molecule has 0 atom stereocenters. The average molecular weight is 367 g/mol. The normalized spacial score (nSPS) is 20.6. The number of carbonyl (C=O) groups excluding carboxylic acids is 1. The highest BCUT2D eigenvalue weighted by molar-refractivity contribution is 5.82. The molecule has 1 N–H and O–H groups in total. The number of aromatic nitrogens is 1. The summed E-state index contributed by atoms with van der Waals surface area (Å²) in [6.45, 7) is 8.76. The first-order valence-electron chi connectivity index (χ1n) is 10.6. The first-order chi connectivity index (χ1) is 13.0. The van der Waals surface area contributed by atoms with E-state index in [0.717, 1.165) is 18.4 Å². The van der Waals surface area contributed by atoms with E-state index in [-0.39, 0.29) is 11.9 Å². The summed E-state index contributed by atoms with van der Waals surface area (Å²) in [6, 6.07) is 10.9. The third-order valence-corrected chi connectivity index (χ3v) is 6.21. The molecule has 0 aliphatic heterocycles. The molecule has 146 valence electrons. The zero-order chi connectivity index (χ0) is 19.4. The Morgan fingerprint density at radius 2 is 1.70 bits per heavy atom. The third kappa shape index (κ3) is 4.88. The van der Waals surface area contributed by atoms with Gasteiger partial charge in [-0.05, 0) is 67.1 Å². The van der Waals surface area contributed by atoms with Gasteiger partial charge in [0, 0.05) is 24.0 Å². The van der Waals surface area contributed by atoms with Gasteiger partial charge in [0.2, 0.25) is 5.91 Å². The van der Waals surface area contributed by atoms with Crippen LogP contribution in [0.2, 0.25) is 0 Å². The quantitative estimate of drug-likeness (QED) is 0.713. The fourth-order valence-corrected chi connectivity index (χ4v) is 4.76. The van der Waals surface area contributed by atoms with E-state index in [1.807, 2.05) is 6.20 Å². The van der Waals surface area contributed by atoms with Crippen molar-refractivity contribution < 1.29 is 4.79 Å². The number of benzene rings is 1.